The van der Waals surface area contributed by atoms with E-state index in [2.05, 4.69) is 44.4 Å². The highest BCUT2D eigenvalue weighted by Gasteiger charge is 2.00. The highest BCUT2D eigenvalue weighted by atomic mass is 127. The topological polar surface area (TPSA) is 29.0 Å². The van der Waals surface area contributed by atoms with E-state index in [1.54, 1.807) is 12.4 Å². The molecule has 0 radical (unpaired) electrons. The lowest BCUT2D eigenvalue weighted by atomic mass is 10.5. The average molecular weight is 287 g/mol. The fraction of sp³-hybridized carbons (Fsp3) is 0.333. The van der Waals surface area contributed by atoms with Crippen LogP contribution < -0.4 is 4.90 Å². The van der Waals surface area contributed by atoms with E-state index in [1.807, 2.05) is 18.9 Å². The Hall–Kier alpha value is -0.830. The van der Waals surface area contributed by atoms with Crippen molar-refractivity contribution in [3.8, 4) is 11.8 Å². The molecule has 4 heteroatoms. The summed E-state index contributed by atoms with van der Waals surface area (Å²) >= 11 is 2.18. The standard InChI is InChI=1S/C9H10IN3/c1-3-4-5-13(2)9-11-6-8(10)7-12-9/h6-7H,5H2,1-2H3. The lowest BCUT2D eigenvalue weighted by Crippen LogP contribution is -2.19. The first-order chi connectivity index (χ1) is 6.24. The lowest BCUT2D eigenvalue weighted by molar-refractivity contribution is 0.949. The summed E-state index contributed by atoms with van der Waals surface area (Å²) in [5.74, 6) is 6.50. The van der Waals surface area contributed by atoms with Gasteiger partial charge in [-0.05, 0) is 29.5 Å². The van der Waals surface area contributed by atoms with Crippen molar-refractivity contribution >= 4 is 28.5 Å². The number of anilines is 1. The molecule has 0 aliphatic heterocycles. The van der Waals surface area contributed by atoms with Crippen LogP contribution >= 0.6 is 22.6 Å². The van der Waals surface area contributed by atoms with E-state index in [-0.39, 0.29) is 0 Å². The van der Waals surface area contributed by atoms with Crippen molar-refractivity contribution in [2.24, 2.45) is 0 Å². The second-order valence-electron chi connectivity index (χ2n) is 2.48. The lowest BCUT2D eigenvalue weighted by Gasteiger charge is -2.12. The molecule has 0 unspecified atom stereocenters. The maximum atomic E-state index is 4.17. The number of hydrogen-bond donors (Lipinski definition) is 0. The summed E-state index contributed by atoms with van der Waals surface area (Å²) in [5, 5.41) is 0. The third kappa shape index (κ3) is 3.19. The molecule has 1 rings (SSSR count). The summed E-state index contributed by atoms with van der Waals surface area (Å²) in [4.78, 5) is 10.3. The van der Waals surface area contributed by atoms with Gasteiger partial charge in [-0.2, -0.15) is 0 Å². The van der Waals surface area contributed by atoms with E-state index in [0.717, 1.165) is 3.57 Å². The van der Waals surface area contributed by atoms with Gasteiger partial charge in [-0.1, -0.05) is 5.92 Å². The van der Waals surface area contributed by atoms with Crippen LogP contribution in [0, 0.1) is 15.4 Å². The normalized spacial score (nSPS) is 8.85. The van der Waals surface area contributed by atoms with Crippen molar-refractivity contribution in [3.63, 3.8) is 0 Å². The minimum Gasteiger partial charge on any atom is -0.333 e. The molecule has 0 aliphatic rings. The molecule has 0 amide bonds. The quantitative estimate of drug-likeness (QED) is 0.610. The van der Waals surface area contributed by atoms with Crippen molar-refractivity contribution in [1.82, 2.24) is 9.97 Å². The highest BCUT2D eigenvalue weighted by molar-refractivity contribution is 14.1. The average Bonchev–Trinajstić information content (AvgIpc) is 2.15. The van der Waals surface area contributed by atoms with E-state index in [0.29, 0.717) is 12.5 Å². The van der Waals surface area contributed by atoms with Gasteiger partial charge < -0.3 is 4.90 Å². The molecule has 13 heavy (non-hydrogen) atoms. The van der Waals surface area contributed by atoms with Gasteiger partial charge in [-0.15, -0.1) is 5.92 Å². The van der Waals surface area contributed by atoms with Gasteiger partial charge >= 0.3 is 0 Å². The Kier molecular flexibility index (Phi) is 3.96. The number of aromatic nitrogens is 2. The molecule has 1 aromatic heterocycles. The predicted molar refractivity (Wildman–Crippen MR) is 61.5 cm³/mol. The van der Waals surface area contributed by atoms with Crippen LogP contribution in [0.5, 0.6) is 0 Å². The smallest absolute Gasteiger partial charge is 0.225 e. The molecule has 0 atom stereocenters. The molecular weight excluding hydrogens is 277 g/mol. The monoisotopic (exact) mass is 287 g/mol. The van der Waals surface area contributed by atoms with Crippen LogP contribution in [0.15, 0.2) is 12.4 Å². The SMILES string of the molecule is CC#CCN(C)c1ncc(I)cn1. The van der Waals surface area contributed by atoms with Crippen LogP contribution in [-0.4, -0.2) is 23.6 Å². The van der Waals surface area contributed by atoms with Crippen LogP contribution in [0.2, 0.25) is 0 Å². The maximum absolute atomic E-state index is 4.17. The Morgan fingerprint density at radius 1 is 1.46 bits per heavy atom. The molecule has 0 N–H and O–H groups in total. The first-order valence-corrected chi connectivity index (χ1v) is 4.90. The molecule has 0 fully saturated rings. The third-order valence-electron chi connectivity index (χ3n) is 1.44. The molecule has 0 bridgehead atoms. The Balaban J connectivity index is 2.69. The van der Waals surface area contributed by atoms with Gasteiger partial charge in [0.05, 0.1) is 6.54 Å². The van der Waals surface area contributed by atoms with Gasteiger partial charge in [-0.3, -0.25) is 0 Å². The Morgan fingerprint density at radius 3 is 2.62 bits per heavy atom. The molecular formula is C9H10IN3. The van der Waals surface area contributed by atoms with Gasteiger partial charge in [-0.25, -0.2) is 9.97 Å². The first kappa shape index (κ1) is 10.3. The number of rotatable bonds is 2. The molecule has 68 valence electrons. The zero-order chi connectivity index (χ0) is 9.68. The van der Waals surface area contributed by atoms with Crippen LogP contribution in [0.25, 0.3) is 0 Å². The second-order valence-corrected chi connectivity index (χ2v) is 3.73. The first-order valence-electron chi connectivity index (χ1n) is 3.82. The fourth-order valence-corrected chi connectivity index (χ4v) is 1.05. The highest BCUT2D eigenvalue weighted by Crippen LogP contribution is 2.05. The van der Waals surface area contributed by atoms with Crippen molar-refractivity contribution in [1.29, 1.82) is 0 Å². The largest absolute Gasteiger partial charge is 0.333 e. The van der Waals surface area contributed by atoms with Gasteiger partial charge in [0.15, 0.2) is 0 Å². The van der Waals surface area contributed by atoms with Gasteiger partial charge in [0.2, 0.25) is 5.95 Å². The summed E-state index contributed by atoms with van der Waals surface area (Å²) in [6.07, 6.45) is 3.58. The molecule has 0 aromatic carbocycles. The van der Waals surface area contributed by atoms with Crippen molar-refractivity contribution in [3.05, 3.63) is 16.0 Å². The Bertz CT molecular complexity index is 323. The van der Waals surface area contributed by atoms with E-state index in [9.17, 15) is 0 Å². The Labute approximate surface area is 91.7 Å². The molecule has 1 aromatic rings. The fourth-order valence-electron chi connectivity index (χ4n) is 0.771. The van der Waals surface area contributed by atoms with E-state index in [1.165, 1.54) is 0 Å². The molecule has 3 nitrogen and oxygen atoms in total. The summed E-state index contributed by atoms with van der Waals surface area (Å²) in [5.41, 5.74) is 0. The molecule has 0 saturated carbocycles. The van der Waals surface area contributed by atoms with Crippen LogP contribution in [0.4, 0.5) is 5.95 Å². The van der Waals surface area contributed by atoms with E-state index >= 15 is 0 Å². The van der Waals surface area contributed by atoms with Crippen molar-refractivity contribution < 1.29 is 0 Å². The summed E-state index contributed by atoms with van der Waals surface area (Å²) in [7, 11) is 1.92. The summed E-state index contributed by atoms with van der Waals surface area (Å²) < 4.78 is 1.04. The van der Waals surface area contributed by atoms with Gasteiger partial charge in [0, 0.05) is 23.0 Å². The zero-order valence-corrected chi connectivity index (χ0v) is 9.74. The molecule has 0 aliphatic carbocycles. The minimum atomic E-state index is 0.664. The number of nitrogens with zero attached hydrogens (tertiary/aromatic N) is 3. The van der Waals surface area contributed by atoms with Crippen molar-refractivity contribution in [2.75, 3.05) is 18.5 Å². The predicted octanol–water partition coefficient (Wildman–Crippen LogP) is 1.54. The van der Waals surface area contributed by atoms with Gasteiger partial charge in [0.25, 0.3) is 0 Å². The number of halogens is 1. The van der Waals surface area contributed by atoms with Crippen LogP contribution in [0.1, 0.15) is 6.92 Å². The third-order valence-corrected chi connectivity index (χ3v) is 2.00. The summed E-state index contributed by atoms with van der Waals surface area (Å²) in [6, 6.07) is 0. The van der Waals surface area contributed by atoms with Gasteiger partial charge in [0.1, 0.15) is 0 Å². The second kappa shape index (κ2) is 5.02. The van der Waals surface area contributed by atoms with E-state index < -0.39 is 0 Å². The van der Waals surface area contributed by atoms with Crippen LogP contribution in [-0.2, 0) is 0 Å². The molecule has 1 heterocycles. The number of hydrogen-bond acceptors (Lipinski definition) is 3. The van der Waals surface area contributed by atoms with Crippen molar-refractivity contribution in [2.45, 2.75) is 6.92 Å². The molecule has 0 saturated heterocycles. The van der Waals surface area contributed by atoms with E-state index in [4.69, 9.17) is 0 Å². The van der Waals surface area contributed by atoms with Crippen LogP contribution in [0.3, 0.4) is 0 Å². The summed E-state index contributed by atoms with van der Waals surface area (Å²) in [6.45, 7) is 2.49. The molecule has 0 spiro atoms. The Morgan fingerprint density at radius 2 is 2.08 bits per heavy atom. The zero-order valence-electron chi connectivity index (χ0n) is 7.58. The minimum absolute atomic E-state index is 0.664. The maximum Gasteiger partial charge on any atom is 0.225 e.